The van der Waals surface area contributed by atoms with Crippen LogP contribution >= 0.6 is 0 Å². The van der Waals surface area contributed by atoms with Crippen LogP contribution in [0.5, 0.6) is 0 Å². The van der Waals surface area contributed by atoms with Crippen molar-refractivity contribution in [3.63, 3.8) is 0 Å². The van der Waals surface area contributed by atoms with E-state index >= 15 is 0 Å². The number of nitrogens with zero attached hydrogens (tertiary/aromatic N) is 1. The highest BCUT2D eigenvalue weighted by Crippen LogP contribution is 2.22. The van der Waals surface area contributed by atoms with Gasteiger partial charge in [0, 0.05) is 18.1 Å². The van der Waals surface area contributed by atoms with Crippen LogP contribution in [0.4, 0.5) is 5.69 Å². The fraction of sp³-hybridized carbons (Fsp3) is 0.267. The van der Waals surface area contributed by atoms with Crippen LogP contribution in [0, 0.1) is 6.92 Å². The average Bonchev–Trinajstić information content (AvgIpc) is 3.00. The number of sulfonamides is 2. The van der Waals surface area contributed by atoms with Crippen LogP contribution in [0.25, 0.3) is 0 Å². The number of benzene rings is 1. The highest BCUT2D eigenvalue weighted by Gasteiger charge is 2.27. The SMILES string of the molecule is CNS(=O)(=O)c1cn(CC(=O)Nc2cccc(C)c2)cc1S(=O)(=O)NC. The first-order valence-corrected chi connectivity index (χ1v) is 10.5. The van der Waals surface area contributed by atoms with Gasteiger partial charge in [0.05, 0.1) is 0 Å². The van der Waals surface area contributed by atoms with E-state index in [1.54, 1.807) is 18.2 Å². The standard InChI is InChI=1S/C15H20N4O5S2/c1-11-5-4-6-12(7-11)18-15(20)10-19-8-13(25(21,22)16-2)14(9-19)26(23,24)17-3/h4-9,16-17H,10H2,1-3H3,(H,18,20). The summed E-state index contributed by atoms with van der Waals surface area (Å²) >= 11 is 0. The molecule has 2 rings (SSSR count). The number of aromatic nitrogens is 1. The van der Waals surface area contributed by atoms with Crippen molar-refractivity contribution in [3.8, 4) is 0 Å². The van der Waals surface area contributed by atoms with Gasteiger partial charge in [-0.25, -0.2) is 26.3 Å². The monoisotopic (exact) mass is 400 g/mol. The summed E-state index contributed by atoms with van der Waals surface area (Å²) in [6.07, 6.45) is 2.21. The van der Waals surface area contributed by atoms with Gasteiger partial charge in [0.15, 0.2) is 0 Å². The molecule has 2 aromatic rings. The molecule has 0 unspecified atom stereocenters. The summed E-state index contributed by atoms with van der Waals surface area (Å²) in [7, 11) is -5.70. The third-order valence-electron chi connectivity index (χ3n) is 3.55. The highest BCUT2D eigenvalue weighted by atomic mass is 32.2. The number of hydrogen-bond donors (Lipinski definition) is 3. The number of hydrogen-bond acceptors (Lipinski definition) is 5. The van der Waals surface area contributed by atoms with Crippen molar-refractivity contribution in [2.24, 2.45) is 0 Å². The second kappa shape index (κ2) is 7.58. The zero-order chi connectivity index (χ0) is 19.5. The number of carbonyl (C=O) groups is 1. The maximum Gasteiger partial charge on any atom is 0.244 e. The zero-order valence-corrected chi connectivity index (χ0v) is 16.1. The quantitative estimate of drug-likeness (QED) is 0.614. The van der Waals surface area contributed by atoms with Crippen LogP contribution in [0.2, 0.25) is 0 Å². The van der Waals surface area contributed by atoms with E-state index in [0.29, 0.717) is 5.69 Å². The van der Waals surface area contributed by atoms with Crippen LogP contribution in [0.1, 0.15) is 5.56 Å². The third-order valence-corrected chi connectivity index (χ3v) is 6.57. The van der Waals surface area contributed by atoms with Gasteiger partial charge in [0.1, 0.15) is 16.3 Å². The Morgan fingerprint density at radius 2 is 1.54 bits per heavy atom. The van der Waals surface area contributed by atoms with Gasteiger partial charge in [-0.15, -0.1) is 0 Å². The van der Waals surface area contributed by atoms with Gasteiger partial charge in [-0.1, -0.05) is 12.1 Å². The molecule has 0 aliphatic heterocycles. The molecule has 0 saturated heterocycles. The van der Waals surface area contributed by atoms with Gasteiger partial charge in [-0.2, -0.15) is 0 Å². The number of anilines is 1. The summed E-state index contributed by atoms with van der Waals surface area (Å²) in [5, 5.41) is 2.68. The van der Waals surface area contributed by atoms with Gasteiger partial charge in [-0.3, -0.25) is 4.79 Å². The molecule has 26 heavy (non-hydrogen) atoms. The molecule has 1 amide bonds. The second-order valence-electron chi connectivity index (χ2n) is 5.49. The van der Waals surface area contributed by atoms with Gasteiger partial charge in [0.2, 0.25) is 26.0 Å². The van der Waals surface area contributed by atoms with Crippen LogP contribution in [-0.4, -0.2) is 41.4 Å². The second-order valence-corrected chi connectivity index (χ2v) is 9.20. The molecule has 0 aliphatic rings. The molecule has 0 aliphatic carbocycles. The summed E-state index contributed by atoms with van der Waals surface area (Å²) in [4.78, 5) is 11.3. The predicted molar refractivity (Wildman–Crippen MR) is 96.7 cm³/mol. The largest absolute Gasteiger partial charge is 0.342 e. The van der Waals surface area contributed by atoms with Crippen LogP contribution < -0.4 is 14.8 Å². The Labute approximate surface area is 152 Å². The van der Waals surface area contributed by atoms with Crippen molar-refractivity contribution < 1.29 is 21.6 Å². The van der Waals surface area contributed by atoms with Gasteiger partial charge >= 0.3 is 0 Å². The average molecular weight is 400 g/mol. The first kappa shape index (κ1) is 20.1. The molecule has 0 saturated carbocycles. The van der Waals surface area contributed by atoms with Crippen LogP contribution in [-0.2, 0) is 31.4 Å². The number of carbonyl (C=O) groups excluding carboxylic acids is 1. The Balaban J connectivity index is 2.33. The van der Waals surface area contributed by atoms with Gasteiger partial charge in [0.25, 0.3) is 0 Å². The molecule has 9 nitrogen and oxygen atoms in total. The summed E-state index contributed by atoms with van der Waals surface area (Å²) < 4.78 is 53.7. The fourth-order valence-electron chi connectivity index (χ4n) is 2.27. The van der Waals surface area contributed by atoms with Crippen LogP contribution in [0.15, 0.2) is 46.5 Å². The van der Waals surface area contributed by atoms with E-state index < -0.39 is 35.7 Å². The van der Waals surface area contributed by atoms with E-state index in [9.17, 15) is 21.6 Å². The Hall–Kier alpha value is -2.21. The van der Waals surface area contributed by atoms with E-state index in [4.69, 9.17) is 0 Å². The summed E-state index contributed by atoms with van der Waals surface area (Å²) in [6, 6.07) is 7.16. The number of amides is 1. The fourth-order valence-corrected chi connectivity index (χ4v) is 4.55. The summed E-state index contributed by atoms with van der Waals surface area (Å²) in [5.74, 6) is -0.424. The van der Waals surface area contributed by atoms with Crippen molar-refractivity contribution in [3.05, 3.63) is 42.2 Å². The van der Waals surface area contributed by atoms with Gasteiger partial charge < -0.3 is 9.88 Å². The van der Waals surface area contributed by atoms with E-state index in [0.717, 1.165) is 18.0 Å². The maximum absolute atomic E-state index is 12.2. The molecule has 142 valence electrons. The lowest BCUT2D eigenvalue weighted by Crippen LogP contribution is -2.24. The van der Waals surface area contributed by atoms with Crippen molar-refractivity contribution >= 4 is 31.6 Å². The lowest BCUT2D eigenvalue weighted by atomic mass is 10.2. The molecule has 0 spiro atoms. The first-order valence-electron chi connectivity index (χ1n) is 7.52. The van der Waals surface area contributed by atoms with Crippen molar-refractivity contribution in [2.75, 3.05) is 19.4 Å². The van der Waals surface area contributed by atoms with Gasteiger partial charge in [-0.05, 0) is 38.7 Å². The summed E-state index contributed by atoms with van der Waals surface area (Å²) in [5.41, 5.74) is 1.56. The topological polar surface area (TPSA) is 126 Å². The minimum absolute atomic E-state index is 0.251. The van der Waals surface area contributed by atoms with Crippen molar-refractivity contribution in [2.45, 2.75) is 23.3 Å². The van der Waals surface area contributed by atoms with Crippen molar-refractivity contribution in [1.82, 2.24) is 14.0 Å². The first-order chi connectivity index (χ1) is 12.1. The lowest BCUT2D eigenvalue weighted by Gasteiger charge is -2.06. The van der Waals surface area contributed by atoms with E-state index in [1.165, 1.54) is 18.7 Å². The lowest BCUT2D eigenvalue weighted by molar-refractivity contribution is -0.116. The van der Waals surface area contributed by atoms with E-state index in [2.05, 4.69) is 14.8 Å². The Morgan fingerprint density at radius 3 is 2.00 bits per heavy atom. The summed E-state index contributed by atoms with van der Waals surface area (Å²) in [6.45, 7) is 1.63. The molecule has 1 heterocycles. The molecule has 0 radical (unpaired) electrons. The minimum Gasteiger partial charge on any atom is -0.342 e. The normalized spacial score (nSPS) is 12.1. The van der Waals surface area contributed by atoms with Crippen LogP contribution in [0.3, 0.4) is 0 Å². The number of nitrogens with one attached hydrogen (secondary N) is 3. The molecule has 11 heteroatoms. The molecular formula is C15H20N4O5S2. The Bertz CT molecular complexity index is 975. The molecule has 1 aromatic carbocycles. The maximum atomic E-state index is 12.2. The predicted octanol–water partition coefficient (Wildman–Crippen LogP) is 0.251. The van der Waals surface area contributed by atoms with E-state index in [1.807, 2.05) is 13.0 Å². The molecule has 0 bridgehead atoms. The smallest absolute Gasteiger partial charge is 0.244 e. The molecular weight excluding hydrogens is 380 g/mol. The number of rotatable bonds is 7. The molecule has 0 atom stereocenters. The third kappa shape index (κ3) is 4.49. The Kier molecular flexibility index (Phi) is 5.86. The van der Waals surface area contributed by atoms with Crippen molar-refractivity contribution in [1.29, 1.82) is 0 Å². The Morgan fingerprint density at radius 1 is 1.00 bits per heavy atom. The molecule has 0 fully saturated rings. The zero-order valence-electron chi connectivity index (χ0n) is 14.5. The van der Waals surface area contributed by atoms with E-state index in [-0.39, 0.29) is 6.54 Å². The highest BCUT2D eigenvalue weighted by molar-refractivity contribution is 7.92. The molecule has 3 N–H and O–H groups in total. The molecule has 1 aromatic heterocycles. The number of aryl methyl sites for hydroxylation is 1. The minimum atomic E-state index is -4.02.